The van der Waals surface area contributed by atoms with Gasteiger partial charge in [-0.05, 0) is 31.2 Å². The van der Waals surface area contributed by atoms with E-state index in [0.29, 0.717) is 28.2 Å². The molecule has 0 spiro atoms. The first kappa shape index (κ1) is 22.0. The Morgan fingerprint density at radius 1 is 1.00 bits per heavy atom. The summed E-state index contributed by atoms with van der Waals surface area (Å²) in [5.74, 6) is 2.72. The Hall–Kier alpha value is -3.79. The standard InChI is InChI=1S/C24H24N4O5S/c1-12-22-15(14-9-18(32-4)19(33-5)11-17(14)31-3)10-21(29)26-23(22)28(27-12)24-25-16-7-6-13(30-2)8-20(16)34-24/h6-9,11,15H,10H2,1-5H3,(H,26,29)/t15-/m0/s1. The SMILES string of the molecule is COc1ccc2nc(-n3nc(C)c4c3NC(=O)C[C@H]4c3cc(OC)c(OC)cc3OC)sc2c1. The molecule has 3 heterocycles. The van der Waals surface area contributed by atoms with Crippen LogP contribution in [0.25, 0.3) is 15.3 Å². The molecule has 10 heteroatoms. The van der Waals surface area contributed by atoms with Gasteiger partial charge in [-0.25, -0.2) is 4.98 Å². The molecule has 2 aromatic heterocycles. The zero-order valence-corrected chi connectivity index (χ0v) is 20.3. The van der Waals surface area contributed by atoms with Crippen LogP contribution in [0.15, 0.2) is 30.3 Å². The lowest BCUT2D eigenvalue weighted by molar-refractivity contribution is -0.116. The Bertz CT molecular complexity index is 1410. The van der Waals surface area contributed by atoms with E-state index in [-0.39, 0.29) is 18.2 Å². The van der Waals surface area contributed by atoms with Crippen molar-refractivity contribution >= 4 is 33.3 Å². The van der Waals surface area contributed by atoms with E-state index in [9.17, 15) is 4.79 Å². The molecule has 1 aliphatic heterocycles. The summed E-state index contributed by atoms with van der Waals surface area (Å²) >= 11 is 1.48. The van der Waals surface area contributed by atoms with Gasteiger partial charge >= 0.3 is 0 Å². The number of aromatic nitrogens is 3. The fourth-order valence-electron chi connectivity index (χ4n) is 4.39. The highest BCUT2D eigenvalue weighted by molar-refractivity contribution is 7.20. The first-order valence-electron chi connectivity index (χ1n) is 10.6. The molecule has 34 heavy (non-hydrogen) atoms. The first-order chi connectivity index (χ1) is 16.5. The highest BCUT2D eigenvalue weighted by atomic mass is 32.1. The van der Waals surface area contributed by atoms with Crippen LogP contribution in [0.1, 0.15) is 29.2 Å². The topological polar surface area (TPSA) is 96.7 Å². The molecule has 0 fully saturated rings. The number of hydrogen-bond acceptors (Lipinski definition) is 8. The minimum absolute atomic E-state index is 0.113. The third kappa shape index (κ3) is 3.50. The van der Waals surface area contributed by atoms with Gasteiger partial charge in [0, 0.05) is 29.5 Å². The number of hydrogen-bond donors (Lipinski definition) is 1. The Balaban J connectivity index is 1.66. The third-order valence-corrected chi connectivity index (χ3v) is 6.97. The number of aryl methyl sites for hydroxylation is 1. The molecule has 9 nitrogen and oxygen atoms in total. The van der Waals surface area contributed by atoms with Crippen LogP contribution in [-0.4, -0.2) is 49.1 Å². The van der Waals surface area contributed by atoms with Crippen molar-refractivity contribution in [3.05, 3.63) is 47.2 Å². The molecule has 5 rings (SSSR count). The van der Waals surface area contributed by atoms with Crippen LogP contribution in [-0.2, 0) is 4.79 Å². The van der Waals surface area contributed by atoms with Gasteiger partial charge in [-0.1, -0.05) is 11.3 Å². The lowest BCUT2D eigenvalue weighted by Gasteiger charge is -2.26. The highest BCUT2D eigenvalue weighted by Gasteiger charge is 2.35. The highest BCUT2D eigenvalue weighted by Crippen LogP contribution is 2.46. The van der Waals surface area contributed by atoms with E-state index in [0.717, 1.165) is 32.8 Å². The van der Waals surface area contributed by atoms with E-state index in [1.807, 2.05) is 31.2 Å². The molecule has 1 atom stereocenters. The molecule has 0 radical (unpaired) electrons. The number of rotatable bonds is 6. The second kappa shape index (κ2) is 8.53. The van der Waals surface area contributed by atoms with Crippen LogP contribution < -0.4 is 24.3 Å². The molecule has 0 bridgehead atoms. The Kier molecular flexibility index (Phi) is 5.52. The maximum absolute atomic E-state index is 12.9. The van der Waals surface area contributed by atoms with E-state index in [1.165, 1.54) is 11.3 Å². The normalized spacial score (nSPS) is 15.1. The van der Waals surface area contributed by atoms with Gasteiger partial charge in [0.25, 0.3) is 0 Å². The quantitative estimate of drug-likeness (QED) is 0.439. The van der Waals surface area contributed by atoms with Crippen molar-refractivity contribution in [2.45, 2.75) is 19.3 Å². The van der Waals surface area contributed by atoms with Crippen LogP contribution in [0.3, 0.4) is 0 Å². The van der Waals surface area contributed by atoms with Crippen LogP contribution in [0.2, 0.25) is 0 Å². The predicted octanol–water partition coefficient (Wildman–Crippen LogP) is 4.30. The van der Waals surface area contributed by atoms with Crippen molar-refractivity contribution in [3.8, 4) is 28.1 Å². The van der Waals surface area contributed by atoms with Gasteiger partial charge in [0.1, 0.15) is 17.3 Å². The largest absolute Gasteiger partial charge is 0.497 e. The number of benzene rings is 2. The Morgan fingerprint density at radius 3 is 2.44 bits per heavy atom. The molecular weight excluding hydrogens is 456 g/mol. The van der Waals surface area contributed by atoms with Crippen molar-refractivity contribution < 1.29 is 23.7 Å². The molecule has 0 saturated carbocycles. The van der Waals surface area contributed by atoms with E-state index in [4.69, 9.17) is 29.0 Å². The van der Waals surface area contributed by atoms with Crippen LogP contribution in [0.5, 0.6) is 23.0 Å². The summed E-state index contributed by atoms with van der Waals surface area (Å²) in [5, 5.41) is 8.43. The van der Waals surface area contributed by atoms with E-state index < -0.39 is 0 Å². The second-order valence-corrected chi connectivity index (χ2v) is 8.85. The maximum Gasteiger partial charge on any atom is 0.226 e. The number of carbonyl (C=O) groups excluding carboxylic acids is 1. The molecule has 4 aromatic rings. The molecule has 1 amide bonds. The van der Waals surface area contributed by atoms with Crippen molar-refractivity contribution in [1.82, 2.24) is 14.8 Å². The molecule has 0 saturated heterocycles. The second-order valence-electron chi connectivity index (χ2n) is 7.84. The van der Waals surface area contributed by atoms with Crippen molar-refractivity contribution in [3.63, 3.8) is 0 Å². The summed E-state index contributed by atoms with van der Waals surface area (Å²) in [6.45, 7) is 1.93. The van der Waals surface area contributed by atoms with Gasteiger partial charge in [-0.2, -0.15) is 9.78 Å². The summed E-state index contributed by atoms with van der Waals surface area (Å²) in [6, 6.07) is 9.37. The third-order valence-electron chi connectivity index (χ3n) is 5.98. The predicted molar refractivity (Wildman–Crippen MR) is 129 cm³/mol. The number of ether oxygens (including phenoxy) is 4. The van der Waals surface area contributed by atoms with E-state index in [1.54, 1.807) is 39.2 Å². The lowest BCUT2D eigenvalue weighted by atomic mass is 9.85. The fourth-order valence-corrected chi connectivity index (χ4v) is 5.34. The van der Waals surface area contributed by atoms with Crippen molar-refractivity contribution in [2.75, 3.05) is 33.8 Å². The molecule has 0 unspecified atom stereocenters. The van der Waals surface area contributed by atoms with Gasteiger partial charge in [0.15, 0.2) is 11.5 Å². The molecular formula is C24H24N4O5S. The van der Waals surface area contributed by atoms with Crippen molar-refractivity contribution in [2.24, 2.45) is 0 Å². The lowest BCUT2D eigenvalue weighted by Crippen LogP contribution is -2.25. The summed E-state index contributed by atoms with van der Waals surface area (Å²) in [7, 11) is 6.39. The summed E-state index contributed by atoms with van der Waals surface area (Å²) in [6.07, 6.45) is 0.252. The Morgan fingerprint density at radius 2 is 1.74 bits per heavy atom. The number of methoxy groups -OCH3 is 4. The fraction of sp³-hybridized carbons (Fsp3) is 0.292. The number of amides is 1. The average molecular weight is 481 g/mol. The number of thiazole rings is 1. The van der Waals surface area contributed by atoms with Gasteiger partial charge in [-0.3, -0.25) is 4.79 Å². The van der Waals surface area contributed by atoms with E-state index >= 15 is 0 Å². The van der Waals surface area contributed by atoms with Crippen LogP contribution in [0.4, 0.5) is 5.82 Å². The van der Waals surface area contributed by atoms with Crippen LogP contribution >= 0.6 is 11.3 Å². The zero-order chi connectivity index (χ0) is 24.0. The maximum atomic E-state index is 12.9. The number of fused-ring (bicyclic) bond motifs is 2. The minimum atomic E-state index is -0.276. The summed E-state index contributed by atoms with van der Waals surface area (Å²) in [5.41, 5.74) is 3.38. The summed E-state index contributed by atoms with van der Waals surface area (Å²) in [4.78, 5) is 17.6. The molecule has 1 N–H and O–H groups in total. The minimum Gasteiger partial charge on any atom is -0.497 e. The number of nitrogens with zero attached hydrogens (tertiary/aromatic N) is 3. The smallest absolute Gasteiger partial charge is 0.226 e. The van der Waals surface area contributed by atoms with Crippen LogP contribution in [0, 0.1) is 6.92 Å². The molecule has 2 aromatic carbocycles. The molecule has 176 valence electrons. The number of anilines is 1. The monoisotopic (exact) mass is 480 g/mol. The number of nitrogens with one attached hydrogen (secondary N) is 1. The first-order valence-corrected chi connectivity index (χ1v) is 11.4. The van der Waals surface area contributed by atoms with E-state index in [2.05, 4.69) is 5.32 Å². The Labute approximate surface area is 200 Å². The molecule has 0 aliphatic carbocycles. The van der Waals surface area contributed by atoms with Gasteiger partial charge in [0.05, 0.1) is 44.3 Å². The van der Waals surface area contributed by atoms with Gasteiger partial charge in [-0.15, -0.1) is 0 Å². The number of carbonyl (C=O) groups is 1. The van der Waals surface area contributed by atoms with Gasteiger partial charge in [0.2, 0.25) is 11.0 Å². The van der Waals surface area contributed by atoms with Gasteiger partial charge < -0.3 is 24.3 Å². The summed E-state index contributed by atoms with van der Waals surface area (Å²) < 4.78 is 24.6. The molecule has 1 aliphatic rings. The van der Waals surface area contributed by atoms with Crippen molar-refractivity contribution in [1.29, 1.82) is 0 Å². The zero-order valence-electron chi connectivity index (χ0n) is 19.5. The average Bonchev–Trinajstić information content (AvgIpc) is 3.42.